The highest BCUT2D eigenvalue weighted by molar-refractivity contribution is 7.89. The molecule has 2 fully saturated rings. The van der Waals surface area contributed by atoms with Crippen LogP contribution in [0.5, 0.6) is 0 Å². The third kappa shape index (κ3) is 3.66. The number of likely N-dealkylation sites (tertiary alicyclic amines) is 1. The van der Waals surface area contributed by atoms with E-state index in [1.165, 1.54) is 0 Å². The fourth-order valence-corrected chi connectivity index (χ4v) is 3.22. The Bertz CT molecular complexity index is 406. The number of sulfonamides is 1. The molecule has 1 aliphatic heterocycles. The lowest BCUT2D eigenvalue weighted by molar-refractivity contribution is -0.129. The summed E-state index contributed by atoms with van der Waals surface area (Å²) < 4.78 is 25.4. The molecule has 0 aromatic carbocycles. The molecule has 18 heavy (non-hydrogen) atoms. The summed E-state index contributed by atoms with van der Waals surface area (Å²) in [5.74, 6) is 0.0384. The fraction of sp³-hybridized carbons (Fsp3) is 0.909. The van der Waals surface area contributed by atoms with Crippen molar-refractivity contribution in [3.8, 4) is 0 Å². The highest BCUT2D eigenvalue weighted by atomic mass is 32.2. The Morgan fingerprint density at radius 1 is 1.33 bits per heavy atom. The number of amides is 1. The van der Waals surface area contributed by atoms with Gasteiger partial charge in [0.25, 0.3) is 0 Å². The number of nitrogens with zero attached hydrogens (tertiary/aromatic N) is 1. The van der Waals surface area contributed by atoms with Crippen LogP contribution in [0.3, 0.4) is 0 Å². The van der Waals surface area contributed by atoms with Crippen molar-refractivity contribution in [2.45, 2.75) is 38.3 Å². The van der Waals surface area contributed by atoms with Gasteiger partial charge in [0.15, 0.2) is 0 Å². The van der Waals surface area contributed by atoms with Crippen molar-refractivity contribution >= 4 is 15.9 Å². The highest BCUT2D eigenvalue weighted by Gasteiger charge is 2.35. The largest absolute Gasteiger partial charge is 0.340 e. The van der Waals surface area contributed by atoms with Gasteiger partial charge in [0, 0.05) is 25.7 Å². The second kappa shape index (κ2) is 5.54. The van der Waals surface area contributed by atoms with Crippen LogP contribution in [0, 0.1) is 0 Å². The molecular formula is C11H21N3O3S. The maximum Gasteiger partial charge on any atom is 0.239 e. The Morgan fingerprint density at radius 3 is 2.67 bits per heavy atom. The van der Waals surface area contributed by atoms with Gasteiger partial charge in [-0.2, -0.15) is 0 Å². The average Bonchev–Trinajstić information content (AvgIpc) is 3.04. The van der Waals surface area contributed by atoms with Gasteiger partial charge in [-0.1, -0.05) is 6.92 Å². The van der Waals surface area contributed by atoms with Crippen LogP contribution in [0.25, 0.3) is 0 Å². The first-order valence-electron chi connectivity index (χ1n) is 6.54. The monoisotopic (exact) mass is 275 g/mol. The lowest BCUT2D eigenvalue weighted by Gasteiger charge is -2.17. The molecule has 0 aromatic rings. The van der Waals surface area contributed by atoms with E-state index in [2.05, 4.69) is 10.0 Å². The standard InChI is InChI=1S/C11H21N3O3S/c1-2-12-18(16,17)8-7-14-6-5-10(11(14)15)13-9-3-4-9/h9-10,12-13H,2-8H2,1H3. The Kier molecular flexibility index (Phi) is 4.24. The molecule has 7 heteroatoms. The SMILES string of the molecule is CCNS(=O)(=O)CCN1CCC(NC2CC2)C1=O. The van der Waals surface area contributed by atoms with Gasteiger partial charge in [-0.05, 0) is 19.3 Å². The molecule has 1 saturated carbocycles. The summed E-state index contributed by atoms with van der Waals surface area (Å²) in [5, 5.41) is 3.30. The van der Waals surface area contributed by atoms with E-state index in [-0.39, 0.29) is 24.2 Å². The molecule has 0 radical (unpaired) electrons. The minimum atomic E-state index is -3.24. The van der Waals surface area contributed by atoms with Gasteiger partial charge in [-0.25, -0.2) is 13.1 Å². The Labute approximate surface area is 108 Å². The molecule has 0 aromatic heterocycles. The third-order valence-electron chi connectivity index (χ3n) is 3.31. The molecular weight excluding hydrogens is 254 g/mol. The quantitative estimate of drug-likeness (QED) is 0.643. The molecule has 2 aliphatic rings. The summed E-state index contributed by atoms with van der Waals surface area (Å²) in [6.07, 6.45) is 3.09. The van der Waals surface area contributed by atoms with E-state index < -0.39 is 10.0 Å². The first kappa shape index (κ1) is 13.8. The van der Waals surface area contributed by atoms with Crippen LogP contribution in [-0.4, -0.2) is 56.7 Å². The van der Waals surface area contributed by atoms with E-state index >= 15 is 0 Å². The number of carbonyl (C=O) groups is 1. The van der Waals surface area contributed by atoms with E-state index in [0.29, 0.717) is 19.1 Å². The third-order valence-corrected chi connectivity index (χ3v) is 4.75. The van der Waals surface area contributed by atoms with Crippen molar-refractivity contribution < 1.29 is 13.2 Å². The van der Waals surface area contributed by atoms with E-state index in [1.807, 2.05) is 0 Å². The van der Waals surface area contributed by atoms with Gasteiger partial charge < -0.3 is 10.2 Å². The second-order valence-electron chi connectivity index (χ2n) is 4.92. The summed E-state index contributed by atoms with van der Waals surface area (Å²) in [4.78, 5) is 13.6. The summed E-state index contributed by atoms with van der Waals surface area (Å²) in [6, 6.07) is 0.406. The van der Waals surface area contributed by atoms with E-state index in [1.54, 1.807) is 11.8 Å². The van der Waals surface area contributed by atoms with E-state index in [0.717, 1.165) is 19.3 Å². The maximum absolute atomic E-state index is 12.0. The van der Waals surface area contributed by atoms with Crippen molar-refractivity contribution in [1.29, 1.82) is 0 Å². The molecule has 1 heterocycles. The van der Waals surface area contributed by atoms with Gasteiger partial charge in [-0.15, -0.1) is 0 Å². The Balaban J connectivity index is 1.78. The predicted octanol–water partition coefficient (Wildman–Crippen LogP) is -0.721. The molecule has 1 unspecified atom stereocenters. The van der Waals surface area contributed by atoms with E-state index in [4.69, 9.17) is 0 Å². The minimum absolute atomic E-state index is 0.0112. The van der Waals surface area contributed by atoms with Crippen LogP contribution < -0.4 is 10.0 Å². The summed E-state index contributed by atoms with van der Waals surface area (Å²) in [6.45, 7) is 3.08. The highest BCUT2D eigenvalue weighted by Crippen LogP contribution is 2.22. The van der Waals surface area contributed by atoms with Gasteiger partial charge in [-0.3, -0.25) is 4.79 Å². The number of nitrogens with one attached hydrogen (secondary N) is 2. The molecule has 2 N–H and O–H groups in total. The summed E-state index contributed by atoms with van der Waals surface area (Å²) in [5.41, 5.74) is 0. The summed E-state index contributed by atoms with van der Waals surface area (Å²) >= 11 is 0. The fourth-order valence-electron chi connectivity index (χ4n) is 2.17. The van der Waals surface area contributed by atoms with Crippen LogP contribution in [0.4, 0.5) is 0 Å². The van der Waals surface area contributed by atoms with Crippen LogP contribution in [0.2, 0.25) is 0 Å². The van der Waals surface area contributed by atoms with Crippen molar-refractivity contribution in [3.63, 3.8) is 0 Å². The molecule has 1 aliphatic carbocycles. The van der Waals surface area contributed by atoms with Gasteiger partial charge in [0.2, 0.25) is 15.9 Å². The summed E-state index contributed by atoms with van der Waals surface area (Å²) in [7, 11) is -3.24. The Morgan fingerprint density at radius 2 is 2.06 bits per heavy atom. The molecule has 0 bridgehead atoms. The van der Waals surface area contributed by atoms with Gasteiger partial charge in [0.1, 0.15) is 0 Å². The average molecular weight is 275 g/mol. The smallest absolute Gasteiger partial charge is 0.239 e. The zero-order chi connectivity index (χ0) is 13.2. The topological polar surface area (TPSA) is 78.5 Å². The van der Waals surface area contributed by atoms with Crippen LogP contribution >= 0.6 is 0 Å². The van der Waals surface area contributed by atoms with Gasteiger partial charge in [0.05, 0.1) is 11.8 Å². The molecule has 2 rings (SSSR count). The normalized spacial score (nSPS) is 24.8. The van der Waals surface area contributed by atoms with E-state index in [9.17, 15) is 13.2 Å². The number of hydrogen-bond acceptors (Lipinski definition) is 4. The molecule has 1 atom stereocenters. The maximum atomic E-state index is 12.0. The van der Waals surface area contributed by atoms with Crippen LogP contribution in [0.15, 0.2) is 0 Å². The van der Waals surface area contributed by atoms with Crippen molar-refractivity contribution in [2.24, 2.45) is 0 Å². The first-order valence-corrected chi connectivity index (χ1v) is 8.19. The second-order valence-corrected chi connectivity index (χ2v) is 6.85. The molecule has 1 amide bonds. The minimum Gasteiger partial charge on any atom is -0.340 e. The zero-order valence-electron chi connectivity index (χ0n) is 10.7. The van der Waals surface area contributed by atoms with Crippen LogP contribution in [0.1, 0.15) is 26.2 Å². The first-order chi connectivity index (χ1) is 8.52. The number of hydrogen-bond donors (Lipinski definition) is 2. The van der Waals surface area contributed by atoms with Crippen molar-refractivity contribution in [1.82, 2.24) is 14.9 Å². The van der Waals surface area contributed by atoms with Crippen LogP contribution in [-0.2, 0) is 14.8 Å². The molecule has 1 saturated heterocycles. The molecule has 6 nitrogen and oxygen atoms in total. The predicted molar refractivity (Wildman–Crippen MR) is 68.6 cm³/mol. The van der Waals surface area contributed by atoms with Crippen molar-refractivity contribution in [2.75, 3.05) is 25.4 Å². The molecule has 104 valence electrons. The number of carbonyl (C=O) groups excluding carboxylic acids is 1. The molecule has 0 spiro atoms. The van der Waals surface area contributed by atoms with Gasteiger partial charge >= 0.3 is 0 Å². The lowest BCUT2D eigenvalue weighted by atomic mass is 10.2. The number of rotatable bonds is 7. The Hall–Kier alpha value is -0.660. The zero-order valence-corrected chi connectivity index (χ0v) is 11.5. The van der Waals surface area contributed by atoms with Crippen molar-refractivity contribution in [3.05, 3.63) is 0 Å². The lowest BCUT2D eigenvalue weighted by Crippen LogP contribution is -2.41.